The molecule has 0 saturated heterocycles. The third kappa shape index (κ3) is 6.62. The van der Waals surface area contributed by atoms with Gasteiger partial charge in [-0.3, -0.25) is 9.48 Å². The molecule has 188 valence electrons. The Kier molecular flexibility index (Phi) is 8.12. The van der Waals surface area contributed by atoms with Gasteiger partial charge in [-0.2, -0.15) is 27.1 Å². The number of rotatable bonds is 11. The van der Waals surface area contributed by atoms with Crippen LogP contribution in [0, 0.1) is 0 Å². The number of alkyl halides is 7. The fraction of sp³-hybridized carbons (Fsp3) is 0.524. The van der Waals surface area contributed by atoms with Crippen LogP contribution in [0.3, 0.4) is 0 Å². The van der Waals surface area contributed by atoms with Crippen LogP contribution in [0.25, 0.3) is 0 Å². The van der Waals surface area contributed by atoms with Gasteiger partial charge in [0.15, 0.2) is 5.69 Å². The van der Waals surface area contributed by atoms with Crippen molar-refractivity contribution in [1.29, 1.82) is 0 Å². The number of aromatic nitrogens is 2. The van der Waals surface area contributed by atoms with Crippen molar-refractivity contribution in [1.82, 2.24) is 15.1 Å². The maximum Gasteiger partial charge on any atom is 0.436 e. The predicted molar refractivity (Wildman–Crippen MR) is 108 cm³/mol. The zero-order chi connectivity index (χ0) is 25.1. The molecular formula is C21H21ClF7N3O2. The van der Waals surface area contributed by atoms with E-state index in [-0.39, 0.29) is 36.0 Å². The Bertz CT molecular complexity index is 1010. The Labute approximate surface area is 195 Å². The Balaban J connectivity index is 1.51. The molecule has 0 radical (unpaired) electrons. The van der Waals surface area contributed by atoms with Crippen molar-refractivity contribution in [2.45, 2.75) is 56.9 Å². The van der Waals surface area contributed by atoms with Crippen LogP contribution in [-0.4, -0.2) is 41.2 Å². The van der Waals surface area contributed by atoms with Crippen LogP contribution in [-0.2, 0) is 24.1 Å². The molecule has 13 heteroatoms. The van der Waals surface area contributed by atoms with Gasteiger partial charge in [-0.15, -0.1) is 0 Å². The second-order valence-corrected chi connectivity index (χ2v) is 8.29. The molecule has 0 atom stereocenters. The number of halogens is 8. The van der Waals surface area contributed by atoms with Gasteiger partial charge >= 0.3 is 18.5 Å². The number of aryl methyl sites for hydroxylation is 1. The summed E-state index contributed by atoms with van der Waals surface area (Å²) < 4.78 is 95.3. The van der Waals surface area contributed by atoms with Gasteiger partial charge in [0, 0.05) is 24.6 Å². The van der Waals surface area contributed by atoms with Crippen LogP contribution in [0.1, 0.15) is 52.5 Å². The lowest BCUT2D eigenvalue weighted by molar-refractivity contribution is -0.168. The van der Waals surface area contributed by atoms with E-state index in [9.17, 15) is 35.5 Å². The minimum atomic E-state index is -4.66. The van der Waals surface area contributed by atoms with Gasteiger partial charge in [0.2, 0.25) is 0 Å². The maximum absolute atomic E-state index is 13.1. The third-order valence-electron chi connectivity index (χ3n) is 5.07. The zero-order valence-corrected chi connectivity index (χ0v) is 18.4. The number of amides is 1. The second-order valence-electron chi connectivity index (χ2n) is 7.91. The van der Waals surface area contributed by atoms with E-state index in [4.69, 9.17) is 11.6 Å². The summed E-state index contributed by atoms with van der Waals surface area (Å²) in [5.41, 5.74) is -0.254. The molecular weight excluding hydrogens is 495 g/mol. The van der Waals surface area contributed by atoms with E-state index in [2.05, 4.69) is 15.2 Å². The summed E-state index contributed by atoms with van der Waals surface area (Å²) in [4.78, 5) is 12.3. The van der Waals surface area contributed by atoms with Gasteiger partial charge in [-0.05, 0) is 37.0 Å². The molecule has 0 aliphatic heterocycles. The molecule has 1 aliphatic rings. The summed E-state index contributed by atoms with van der Waals surface area (Å²) in [6.07, 6.45) is -6.75. The predicted octanol–water partition coefficient (Wildman–Crippen LogP) is 5.67. The van der Waals surface area contributed by atoms with Crippen LogP contribution in [0.2, 0.25) is 5.02 Å². The van der Waals surface area contributed by atoms with Crippen LogP contribution in [0.4, 0.5) is 30.7 Å². The molecule has 1 aromatic heterocycles. The van der Waals surface area contributed by atoms with E-state index in [0.29, 0.717) is 11.3 Å². The SMILES string of the molecule is O=C(NCCCn1nc(C(F)(F)F)c(Cl)c1C1CC1)c1cccc(COCC(F)(F)C(F)F)c1. The number of benzene rings is 1. The van der Waals surface area contributed by atoms with E-state index in [1.54, 1.807) is 0 Å². The summed E-state index contributed by atoms with van der Waals surface area (Å²) >= 11 is 5.92. The minimum absolute atomic E-state index is 0.0590. The van der Waals surface area contributed by atoms with E-state index in [1.807, 2.05) is 0 Å². The number of nitrogens with zero attached hydrogens (tertiary/aromatic N) is 2. The first-order valence-electron chi connectivity index (χ1n) is 10.3. The quantitative estimate of drug-likeness (QED) is 0.310. The van der Waals surface area contributed by atoms with Crippen molar-refractivity contribution in [3.05, 3.63) is 51.8 Å². The molecule has 1 amide bonds. The molecule has 1 aliphatic carbocycles. The highest BCUT2D eigenvalue weighted by atomic mass is 35.5. The molecule has 1 N–H and O–H groups in total. The van der Waals surface area contributed by atoms with Crippen LogP contribution in [0.5, 0.6) is 0 Å². The molecule has 1 fully saturated rings. The first-order valence-corrected chi connectivity index (χ1v) is 10.7. The number of carbonyl (C=O) groups is 1. The molecule has 0 spiro atoms. The van der Waals surface area contributed by atoms with Gasteiger partial charge in [0.05, 0.1) is 17.3 Å². The molecule has 0 bridgehead atoms. The molecule has 1 aromatic carbocycles. The highest BCUT2D eigenvalue weighted by molar-refractivity contribution is 6.32. The zero-order valence-electron chi connectivity index (χ0n) is 17.6. The van der Waals surface area contributed by atoms with Gasteiger partial charge in [0.1, 0.15) is 6.61 Å². The standard InChI is InChI=1S/C21H21ClF7N3O2/c22-15-16(13-5-6-13)32(31-17(15)21(27,28)29)8-2-7-30-18(33)14-4-1-3-12(9-14)10-34-11-20(25,26)19(23)24/h1,3-4,9,13,19H,2,5-8,10-11H2,(H,30,33). The van der Waals surface area contributed by atoms with Crippen molar-refractivity contribution < 1.29 is 40.3 Å². The smallest absolute Gasteiger partial charge is 0.370 e. The summed E-state index contributed by atoms with van der Waals surface area (Å²) in [7, 11) is 0. The topological polar surface area (TPSA) is 56.2 Å². The minimum Gasteiger partial charge on any atom is -0.370 e. The van der Waals surface area contributed by atoms with Gasteiger partial charge in [-0.25, -0.2) is 8.78 Å². The summed E-state index contributed by atoms with van der Waals surface area (Å²) in [6, 6.07) is 5.78. The highest BCUT2D eigenvalue weighted by Gasteiger charge is 2.42. The Hall–Kier alpha value is -2.34. The molecule has 1 heterocycles. The van der Waals surface area contributed by atoms with E-state index in [0.717, 1.165) is 12.8 Å². The monoisotopic (exact) mass is 515 g/mol. The third-order valence-corrected chi connectivity index (χ3v) is 5.44. The maximum atomic E-state index is 13.1. The lowest BCUT2D eigenvalue weighted by Crippen LogP contribution is -2.32. The van der Waals surface area contributed by atoms with Gasteiger partial charge in [0.25, 0.3) is 5.91 Å². The Morgan fingerprint density at radius 2 is 1.94 bits per heavy atom. The van der Waals surface area contributed by atoms with Crippen molar-refractivity contribution in [3.8, 4) is 0 Å². The van der Waals surface area contributed by atoms with Crippen LogP contribution < -0.4 is 5.32 Å². The van der Waals surface area contributed by atoms with E-state index < -0.39 is 43.3 Å². The molecule has 1 saturated carbocycles. The number of ether oxygens (including phenoxy) is 1. The number of hydrogen-bond donors (Lipinski definition) is 1. The Morgan fingerprint density at radius 1 is 1.24 bits per heavy atom. The number of carbonyl (C=O) groups excluding carboxylic acids is 1. The average Bonchev–Trinajstić information content (AvgIpc) is 3.53. The molecule has 34 heavy (non-hydrogen) atoms. The van der Waals surface area contributed by atoms with Crippen molar-refractivity contribution in [2.24, 2.45) is 0 Å². The fourth-order valence-electron chi connectivity index (χ4n) is 3.25. The van der Waals surface area contributed by atoms with Gasteiger partial charge in [-0.1, -0.05) is 23.7 Å². The summed E-state index contributed by atoms with van der Waals surface area (Å²) in [6.45, 7) is -1.61. The van der Waals surface area contributed by atoms with Crippen molar-refractivity contribution >= 4 is 17.5 Å². The van der Waals surface area contributed by atoms with Crippen LogP contribution >= 0.6 is 11.6 Å². The van der Waals surface area contributed by atoms with Gasteiger partial charge < -0.3 is 10.1 Å². The molecule has 3 rings (SSSR count). The summed E-state index contributed by atoms with van der Waals surface area (Å²) in [5.74, 6) is -4.83. The second kappa shape index (κ2) is 10.5. The normalized spacial score (nSPS) is 14.6. The molecule has 5 nitrogen and oxygen atoms in total. The van der Waals surface area contributed by atoms with E-state index in [1.165, 1.54) is 28.9 Å². The first-order chi connectivity index (χ1) is 15.9. The largest absolute Gasteiger partial charge is 0.436 e. The van der Waals surface area contributed by atoms with Crippen LogP contribution in [0.15, 0.2) is 24.3 Å². The molecule has 0 unspecified atom stereocenters. The number of hydrogen-bond acceptors (Lipinski definition) is 3. The average molecular weight is 516 g/mol. The Morgan fingerprint density at radius 3 is 2.56 bits per heavy atom. The number of nitrogens with one attached hydrogen (secondary N) is 1. The first kappa shape index (κ1) is 26.3. The van der Waals surface area contributed by atoms with Crippen molar-refractivity contribution in [3.63, 3.8) is 0 Å². The lowest BCUT2D eigenvalue weighted by Gasteiger charge is -2.15. The van der Waals surface area contributed by atoms with E-state index >= 15 is 0 Å². The fourth-order valence-corrected chi connectivity index (χ4v) is 3.65. The summed E-state index contributed by atoms with van der Waals surface area (Å²) in [5, 5.41) is 5.85. The lowest BCUT2D eigenvalue weighted by atomic mass is 10.1. The molecule has 2 aromatic rings. The highest BCUT2D eigenvalue weighted by Crippen LogP contribution is 2.46. The van der Waals surface area contributed by atoms with Crippen molar-refractivity contribution in [2.75, 3.05) is 13.2 Å².